The second-order valence-corrected chi connectivity index (χ2v) is 20.0. The van der Waals surface area contributed by atoms with E-state index in [9.17, 15) is 32.7 Å². The van der Waals surface area contributed by atoms with Gasteiger partial charge in [0.05, 0.1) is 22.1 Å². The molecule has 6 N–H and O–H groups in total. The summed E-state index contributed by atoms with van der Waals surface area (Å²) in [5, 5.41) is 19.5. The maximum atomic E-state index is 14.6. The summed E-state index contributed by atoms with van der Waals surface area (Å²) in [5.74, 6) is -1.58. The molecule has 272 valence electrons. The Morgan fingerprint density at radius 1 is 0.938 bits per heavy atom. The molecule has 1 aliphatic heterocycles. The molecule has 5 aliphatic rings. The van der Waals surface area contributed by atoms with Crippen LogP contribution >= 0.6 is 0 Å². The fraction of sp³-hybridized carbons (Fsp3) is 0.886. The Labute approximate surface area is 286 Å². The molecule has 0 bridgehead atoms. The summed E-state index contributed by atoms with van der Waals surface area (Å²) in [7, 11) is -3.54. The van der Waals surface area contributed by atoms with Crippen LogP contribution in [0.25, 0.3) is 0 Å². The average Bonchev–Trinajstić information content (AvgIpc) is 3.86. The molecule has 0 aromatic heterocycles. The van der Waals surface area contributed by atoms with E-state index in [1.54, 1.807) is 25.7 Å². The minimum Gasteiger partial charge on any atom is -0.381 e. The van der Waals surface area contributed by atoms with Crippen LogP contribution in [0.3, 0.4) is 0 Å². The third-order valence-electron chi connectivity index (χ3n) is 12.3. The normalized spacial score (nSPS) is 28.8. The fourth-order valence-corrected chi connectivity index (χ4v) is 10.3. The van der Waals surface area contributed by atoms with Gasteiger partial charge in [0, 0.05) is 6.54 Å². The number of urea groups is 1. The second kappa shape index (κ2) is 13.7. The van der Waals surface area contributed by atoms with E-state index in [2.05, 4.69) is 29.8 Å². The van der Waals surface area contributed by atoms with Crippen molar-refractivity contribution >= 4 is 33.6 Å². The molecule has 3 unspecified atom stereocenters. The van der Waals surface area contributed by atoms with E-state index in [0.29, 0.717) is 31.7 Å². The van der Waals surface area contributed by atoms with E-state index in [4.69, 9.17) is 5.73 Å². The van der Waals surface area contributed by atoms with Crippen molar-refractivity contribution in [1.82, 2.24) is 20.9 Å². The number of hydrogen-bond donors (Lipinski definition) is 5. The Morgan fingerprint density at radius 2 is 1.54 bits per heavy atom. The van der Waals surface area contributed by atoms with E-state index >= 15 is 0 Å². The molecule has 4 saturated carbocycles. The Bertz CT molecular complexity index is 1340. The summed E-state index contributed by atoms with van der Waals surface area (Å²) in [6, 6.07) is -3.07. The number of rotatable bonds is 12. The number of nitrogens with zero attached hydrogens (tertiary/aromatic N) is 1. The number of amides is 5. The smallest absolute Gasteiger partial charge is 0.315 e. The third-order valence-corrected chi connectivity index (χ3v) is 15.1. The maximum Gasteiger partial charge on any atom is 0.315 e. The molecule has 12 nitrogen and oxygen atoms in total. The van der Waals surface area contributed by atoms with E-state index in [1.807, 2.05) is 0 Å². The minimum absolute atomic E-state index is 0.0947. The van der Waals surface area contributed by atoms with Gasteiger partial charge in [-0.1, -0.05) is 65.2 Å². The highest BCUT2D eigenvalue weighted by Gasteiger charge is 2.70. The Balaban J connectivity index is 1.37. The molecule has 5 amide bonds. The molecule has 4 aliphatic carbocycles. The van der Waals surface area contributed by atoms with Gasteiger partial charge >= 0.3 is 6.03 Å². The number of likely N-dealkylation sites (tertiary alicyclic amines) is 1. The predicted molar refractivity (Wildman–Crippen MR) is 182 cm³/mol. The second-order valence-electron chi connectivity index (χ2n) is 17.2. The van der Waals surface area contributed by atoms with Crippen molar-refractivity contribution in [2.75, 3.05) is 12.3 Å². The van der Waals surface area contributed by atoms with Gasteiger partial charge in [-0.2, -0.15) is 0 Å². The van der Waals surface area contributed by atoms with Crippen LogP contribution in [0.1, 0.15) is 118 Å². The van der Waals surface area contributed by atoms with Crippen LogP contribution < -0.4 is 21.7 Å². The lowest BCUT2D eigenvalue weighted by atomic mass is 9.82. The molecule has 0 aromatic carbocycles. The molecular formula is C35H59N5O7S. The molecule has 1 saturated heterocycles. The van der Waals surface area contributed by atoms with Crippen molar-refractivity contribution in [1.29, 1.82) is 0 Å². The van der Waals surface area contributed by atoms with Gasteiger partial charge in [0.25, 0.3) is 0 Å². The quantitative estimate of drug-likeness (QED) is 0.208. The lowest BCUT2D eigenvalue weighted by molar-refractivity contribution is -0.144. The number of sulfone groups is 1. The van der Waals surface area contributed by atoms with Gasteiger partial charge in [-0.15, -0.1) is 0 Å². The molecule has 5 fully saturated rings. The predicted octanol–water partition coefficient (Wildman–Crippen LogP) is 2.76. The molecule has 0 spiro atoms. The monoisotopic (exact) mass is 693 g/mol. The summed E-state index contributed by atoms with van der Waals surface area (Å²) in [4.78, 5) is 56.1. The fourth-order valence-electron chi connectivity index (χ4n) is 8.82. The zero-order chi connectivity index (χ0) is 35.2. The average molecular weight is 694 g/mol. The van der Waals surface area contributed by atoms with Crippen LogP contribution in [0.5, 0.6) is 0 Å². The highest BCUT2D eigenvalue weighted by molar-refractivity contribution is 7.92. The molecule has 0 aromatic rings. The van der Waals surface area contributed by atoms with Crippen molar-refractivity contribution in [3.05, 3.63) is 0 Å². The molecule has 1 heterocycles. The molecule has 48 heavy (non-hydrogen) atoms. The largest absolute Gasteiger partial charge is 0.381 e. The lowest BCUT2D eigenvalue weighted by Gasteiger charge is -2.41. The van der Waals surface area contributed by atoms with Gasteiger partial charge in [0.15, 0.2) is 15.9 Å². The summed E-state index contributed by atoms with van der Waals surface area (Å²) >= 11 is 0. The lowest BCUT2D eigenvalue weighted by Crippen LogP contribution is -2.63. The third kappa shape index (κ3) is 7.81. The maximum absolute atomic E-state index is 14.6. The Kier molecular flexibility index (Phi) is 10.5. The van der Waals surface area contributed by atoms with Crippen LogP contribution in [-0.4, -0.2) is 89.0 Å². The van der Waals surface area contributed by atoms with Crippen LogP contribution in [0.4, 0.5) is 4.79 Å². The van der Waals surface area contributed by atoms with Gasteiger partial charge in [-0.05, 0) is 82.0 Å². The SMILES string of the molecule is CC1(C)C2CN(C(=O)[C@@H](NC(=O)NC3(CS(=O)(=O)C(C)(C)C)CCCCC3)C3CCCCC3)[C@H](C(=O)NC(CC3CC3)C(O)C(N)=O)[C@H]21. The number of nitrogens with one attached hydrogen (secondary N) is 3. The van der Waals surface area contributed by atoms with Crippen molar-refractivity contribution < 1.29 is 32.7 Å². The van der Waals surface area contributed by atoms with Crippen molar-refractivity contribution in [3.63, 3.8) is 0 Å². The van der Waals surface area contributed by atoms with Crippen LogP contribution in [0.15, 0.2) is 0 Å². The van der Waals surface area contributed by atoms with E-state index in [0.717, 1.165) is 64.2 Å². The molecular weight excluding hydrogens is 634 g/mol. The zero-order valence-corrected chi connectivity index (χ0v) is 30.4. The van der Waals surface area contributed by atoms with E-state index < -0.39 is 62.2 Å². The Morgan fingerprint density at radius 3 is 2.10 bits per heavy atom. The Hall–Kier alpha value is -2.41. The highest BCUT2D eigenvalue weighted by Crippen LogP contribution is 2.65. The number of fused-ring (bicyclic) bond motifs is 1. The van der Waals surface area contributed by atoms with Gasteiger partial charge in [-0.25, -0.2) is 13.2 Å². The molecule has 5 rings (SSSR count). The summed E-state index contributed by atoms with van der Waals surface area (Å²) in [6.07, 6.45) is 8.94. The van der Waals surface area contributed by atoms with Crippen molar-refractivity contribution in [3.8, 4) is 0 Å². The van der Waals surface area contributed by atoms with Gasteiger partial charge < -0.3 is 31.7 Å². The number of hydrogen-bond acceptors (Lipinski definition) is 7. The summed E-state index contributed by atoms with van der Waals surface area (Å²) in [5.41, 5.74) is 4.35. The van der Waals surface area contributed by atoms with Crippen LogP contribution in [0.2, 0.25) is 0 Å². The van der Waals surface area contributed by atoms with E-state index in [1.165, 1.54) is 0 Å². The number of carbonyl (C=O) groups is 4. The van der Waals surface area contributed by atoms with Crippen LogP contribution in [0, 0.1) is 29.1 Å². The van der Waals surface area contributed by atoms with Crippen LogP contribution in [-0.2, 0) is 24.2 Å². The number of aliphatic hydroxyl groups is 1. The number of carbonyl (C=O) groups excluding carboxylic acids is 4. The van der Waals surface area contributed by atoms with E-state index in [-0.39, 0.29) is 34.8 Å². The molecule has 6 atom stereocenters. The number of aliphatic hydroxyl groups excluding tert-OH is 1. The van der Waals surface area contributed by atoms with Gasteiger partial charge in [0.2, 0.25) is 17.7 Å². The zero-order valence-electron chi connectivity index (χ0n) is 29.6. The van der Waals surface area contributed by atoms with Gasteiger partial charge in [0.1, 0.15) is 12.1 Å². The number of primary amides is 1. The molecule has 0 radical (unpaired) electrons. The number of piperidine rings is 1. The standard InChI is InChI=1S/C35H59N5O7S/c1-33(2,3)48(46,47)20-35(16-10-7-11-17-35)39-32(45)38-26(22-12-8-6-9-13-22)31(44)40-19-23-25(34(23,4)5)27(40)30(43)37-24(18-21-14-15-21)28(41)29(36)42/h21-28,41H,6-20H2,1-5H3,(H2,36,42)(H,37,43)(H2,38,39,45)/t23?,24?,25-,26-,27-,28?/m0/s1. The van der Waals surface area contributed by atoms with Crippen molar-refractivity contribution in [2.45, 2.75) is 153 Å². The first kappa shape index (κ1) is 36.9. The number of nitrogens with two attached hydrogens (primary N) is 1. The minimum atomic E-state index is -3.54. The van der Waals surface area contributed by atoms with Gasteiger partial charge in [-0.3, -0.25) is 14.4 Å². The van der Waals surface area contributed by atoms with Crippen molar-refractivity contribution in [2.24, 2.45) is 34.8 Å². The first-order chi connectivity index (χ1) is 22.4. The molecule has 13 heteroatoms. The first-order valence-electron chi connectivity index (χ1n) is 18.3. The summed E-state index contributed by atoms with van der Waals surface area (Å²) < 4.78 is 25.7. The first-order valence-corrected chi connectivity index (χ1v) is 19.9. The topological polar surface area (TPSA) is 188 Å². The summed E-state index contributed by atoms with van der Waals surface area (Å²) in [6.45, 7) is 9.57. The highest BCUT2D eigenvalue weighted by atomic mass is 32.2.